The molecule has 4 heteroatoms. The SMILES string of the molecule is CC(=O)c1cc(C2CCCCS2)[nH]n1. The number of hydrogen-bond acceptors (Lipinski definition) is 3. The van der Waals surface area contributed by atoms with Crippen molar-refractivity contribution in [3.8, 4) is 0 Å². The highest BCUT2D eigenvalue weighted by Crippen LogP contribution is 2.37. The number of H-pyrrole nitrogens is 1. The lowest BCUT2D eigenvalue weighted by atomic mass is 10.1. The Kier molecular flexibility index (Phi) is 2.91. The van der Waals surface area contributed by atoms with Crippen LogP contribution < -0.4 is 0 Å². The van der Waals surface area contributed by atoms with Crippen LogP contribution in [0.4, 0.5) is 0 Å². The van der Waals surface area contributed by atoms with Gasteiger partial charge < -0.3 is 0 Å². The van der Waals surface area contributed by atoms with Crippen LogP contribution in [0.15, 0.2) is 6.07 Å². The van der Waals surface area contributed by atoms with E-state index in [0.29, 0.717) is 10.9 Å². The first-order valence-corrected chi connectivity index (χ1v) is 6.00. The lowest BCUT2D eigenvalue weighted by molar-refractivity contribution is 0.101. The van der Waals surface area contributed by atoms with E-state index in [9.17, 15) is 4.79 Å². The molecule has 0 spiro atoms. The molecule has 0 saturated carbocycles. The summed E-state index contributed by atoms with van der Waals surface area (Å²) in [4.78, 5) is 11.1. The Bertz CT molecular complexity index is 329. The number of carbonyl (C=O) groups is 1. The number of hydrogen-bond donors (Lipinski definition) is 1. The van der Waals surface area contributed by atoms with E-state index in [1.165, 1.54) is 25.0 Å². The average Bonchev–Trinajstić information content (AvgIpc) is 2.68. The van der Waals surface area contributed by atoms with E-state index < -0.39 is 0 Å². The summed E-state index contributed by atoms with van der Waals surface area (Å²) < 4.78 is 0. The number of aromatic nitrogens is 2. The Morgan fingerprint density at radius 1 is 1.64 bits per heavy atom. The van der Waals surface area contributed by atoms with Crippen molar-refractivity contribution in [3.63, 3.8) is 0 Å². The van der Waals surface area contributed by atoms with Crippen molar-refractivity contribution in [2.24, 2.45) is 0 Å². The van der Waals surface area contributed by atoms with Crippen LogP contribution in [0.25, 0.3) is 0 Å². The first kappa shape index (κ1) is 9.77. The lowest BCUT2D eigenvalue weighted by Gasteiger charge is -2.19. The Morgan fingerprint density at radius 2 is 2.50 bits per heavy atom. The predicted octanol–water partition coefficient (Wildman–Crippen LogP) is 2.57. The van der Waals surface area contributed by atoms with Crippen molar-refractivity contribution in [2.45, 2.75) is 31.4 Å². The second kappa shape index (κ2) is 4.17. The molecule has 2 heterocycles. The van der Waals surface area contributed by atoms with E-state index in [4.69, 9.17) is 0 Å². The van der Waals surface area contributed by atoms with Crippen LogP contribution in [0.3, 0.4) is 0 Å². The van der Waals surface area contributed by atoms with Gasteiger partial charge in [-0.1, -0.05) is 6.42 Å². The zero-order chi connectivity index (χ0) is 9.97. The minimum atomic E-state index is 0.0355. The van der Waals surface area contributed by atoms with Gasteiger partial charge in [0.05, 0.1) is 0 Å². The largest absolute Gasteiger partial charge is 0.293 e. The zero-order valence-electron chi connectivity index (χ0n) is 8.25. The molecule has 76 valence electrons. The molecule has 0 amide bonds. The van der Waals surface area contributed by atoms with Gasteiger partial charge in [0.25, 0.3) is 0 Å². The van der Waals surface area contributed by atoms with Gasteiger partial charge in [0.1, 0.15) is 5.69 Å². The summed E-state index contributed by atoms with van der Waals surface area (Å²) in [6.45, 7) is 1.55. The van der Waals surface area contributed by atoms with Crippen LogP contribution in [0, 0.1) is 0 Å². The van der Waals surface area contributed by atoms with Gasteiger partial charge in [0, 0.05) is 17.9 Å². The second-order valence-electron chi connectivity index (χ2n) is 3.62. The van der Waals surface area contributed by atoms with Gasteiger partial charge in [-0.2, -0.15) is 16.9 Å². The molecule has 1 unspecified atom stereocenters. The van der Waals surface area contributed by atoms with Gasteiger partial charge >= 0.3 is 0 Å². The molecule has 0 radical (unpaired) electrons. The zero-order valence-corrected chi connectivity index (χ0v) is 9.06. The van der Waals surface area contributed by atoms with E-state index in [-0.39, 0.29) is 5.78 Å². The number of thioether (sulfide) groups is 1. The molecule has 1 saturated heterocycles. The summed E-state index contributed by atoms with van der Waals surface area (Å²) in [5.74, 6) is 1.26. The van der Waals surface area contributed by atoms with Gasteiger partial charge in [0.2, 0.25) is 0 Å². The smallest absolute Gasteiger partial charge is 0.179 e. The van der Waals surface area contributed by atoms with Gasteiger partial charge in [-0.15, -0.1) is 0 Å². The number of carbonyl (C=O) groups excluding carboxylic acids is 1. The fraction of sp³-hybridized carbons (Fsp3) is 0.600. The second-order valence-corrected chi connectivity index (χ2v) is 4.93. The number of ketones is 1. The van der Waals surface area contributed by atoms with Crippen molar-refractivity contribution in [1.82, 2.24) is 10.2 Å². The Hall–Kier alpha value is -0.770. The summed E-state index contributed by atoms with van der Waals surface area (Å²) in [6, 6.07) is 1.89. The molecule has 1 aromatic heterocycles. The monoisotopic (exact) mass is 210 g/mol. The Labute approximate surface area is 87.7 Å². The average molecular weight is 210 g/mol. The standard InChI is InChI=1S/C10H14N2OS/c1-7(13)8-6-9(12-11-8)10-4-2-3-5-14-10/h6,10H,2-5H2,1H3,(H,11,12). The Morgan fingerprint density at radius 3 is 3.07 bits per heavy atom. The van der Waals surface area contributed by atoms with E-state index >= 15 is 0 Å². The molecule has 1 aliphatic heterocycles. The molecule has 1 aromatic rings. The molecule has 1 aliphatic rings. The van der Waals surface area contributed by atoms with Crippen molar-refractivity contribution in [2.75, 3.05) is 5.75 Å². The lowest BCUT2D eigenvalue weighted by Crippen LogP contribution is -2.02. The maximum absolute atomic E-state index is 11.1. The normalized spacial score (nSPS) is 22.2. The first-order valence-electron chi connectivity index (χ1n) is 4.95. The topological polar surface area (TPSA) is 45.8 Å². The molecule has 14 heavy (non-hydrogen) atoms. The van der Waals surface area contributed by atoms with Gasteiger partial charge in [-0.05, 0) is 24.7 Å². The van der Waals surface area contributed by atoms with Crippen LogP contribution in [0.5, 0.6) is 0 Å². The van der Waals surface area contributed by atoms with Crippen LogP contribution in [0.2, 0.25) is 0 Å². The minimum Gasteiger partial charge on any atom is -0.293 e. The van der Waals surface area contributed by atoms with Crippen LogP contribution >= 0.6 is 11.8 Å². The number of aromatic amines is 1. The van der Waals surface area contributed by atoms with Crippen molar-refractivity contribution >= 4 is 17.5 Å². The number of rotatable bonds is 2. The van der Waals surface area contributed by atoms with Gasteiger partial charge in [-0.25, -0.2) is 0 Å². The highest BCUT2D eigenvalue weighted by atomic mass is 32.2. The summed E-state index contributed by atoms with van der Waals surface area (Å²) in [5, 5.41) is 7.49. The molecule has 3 nitrogen and oxygen atoms in total. The maximum atomic E-state index is 11.1. The third-order valence-electron chi connectivity index (χ3n) is 2.48. The first-order chi connectivity index (χ1) is 6.77. The molecular formula is C10H14N2OS. The Balaban J connectivity index is 2.11. The molecule has 2 rings (SSSR count). The highest BCUT2D eigenvalue weighted by molar-refractivity contribution is 7.99. The quantitative estimate of drug-likeness (QED) is 0.763. The van der Waals surface area contributed by atoms with E-state index in [0.717, 1.165) is 5.69 Å². The van der Waals surface area contributed by atoms with E-state index in [2.05, 4.69) is 10.2 Å². The molecule has 1 atom stereocenters. The summed E-state index contributed by atoms with van der Waals surface area (Å²) in [5.41, 5.74) is 1.67. The molecule has 0 aromatic carbocycles. The summed E-state index contributed by atoms with van der Waals surface area (Å²) in [7, 11) is 0. The predicted molar refractivity (Wildman–Crippen MR) is 57.6 cm³/mol. The number of Topliss-reactive ketones (excluding diaryl/α,β-unsaturated/α-hetero) is 1. The van der Waals surface area contributed by atoms with Crippen molar-refractivity contribution < 1.29 is 4.79 Å². The van der Waals surface area contributed by atoms with E-state index in [1.807, 2.05) is 17.8 Å². The van der Waals surface area contributed by atoms with E-state index in [1.54, 1.807) is 6.92 Å². The molecule has 1 fully saturated rings. The minimum absolute atomic E-state index is 0.0355. The van der Waals surface area contributed by atoms with Crippen LogP contribution in [0.1, 0.15) is 47.6 Å². The third-order valence-corrected chi connectivity index (χ3v) is 3.90. The van der Waals surface area contributed by atoms with Crippen LogP contribution in [-0.4, -0.2) is 21.7 Å². The molecular weight excluding hydrogens is 196 g/mol. The van der Waals surface area contributed by atoms with Crippen molar-refractivity contribution in [3.05, 3.63) is 17.5 Å². The van der Waals surface area contributed by atoms with Gasteiger partial charge in [0.15, 0.2) is 5.78 Å². The van der Waals surface area contributed by atoms with Crippen molar-refractivity contribution in [1.29, 1.82) is 0 Å². The van der Waals surface area contributed by atoms with Gasteiger partial charge in [-0.3, -0.25) is 9.89 Å². The number of nitrogens with one attached hydrogen (secondary N) is 1. The molecule has 1 N–H and O–H groups in total. The van der Waals surface area contributed by atoms with Crippen LogP contribution in [-0.2, 0) is 0 Å². The fourth-order valence-electron chi connectivity index (χ4n) is 1.67. The maximum Gasteiger partial charge on any atom is 0.179 e. The molecule has 0 bridgehead atoms. The molecule has 0 aliphatic carbocycles. The summed E-state index contributed by atoms with van der Waals surface area (Å²) >= 11 is 1.96. The highest BCUT2D eigenvalue weighted by Gasteiger charge is 2.18. The number of nitrogens with zero attached hydrogens (tertiary/aromatic N) is 1. The summed E-state index contributed by atoms with van der Waals surface area (Å²) in [6.07, 6.45) is 3.80. The fourth-order valence-corrected chi connectivity index (χ4v) is 2.96. The third kappa shape index (κ3) is 2.00.